The van der Waals surface area contributed by atoms with Crippen molar-refractivity contribution in [2.24, 2.45) is 52.3 Å². The van der Waals surface area contributed by atoms with Crippen LogP contribution >= 0.6 is 0 Å². The van der Waals surface area contributed by atoms with Gasteiger partial charge in [-0.05, 0) is 60.6 Å². The van der Waals surface area contributed by atoms with Crippen LogP contribution in [0, 0.1) is 52.3 Å². The van der Waals surface area contributed by atoms with Crippen LogP contribution in [0.4, 0.5) is 0 Å². The molecule has 5 heteroatoms. The standard InChI is InChI=1S/C33H43NO4/c1-8-31(5)15-20(4)25-24-27(31)28(35)23-17-33(37-7,34-30(23)36)16-21-9-11-22(12-10-21)38-29(24)26-19(3)13-18(2)14-32(25,26)6/h8-12,15,18-19,23-27,29H,1,13-14,16-17H2,2-7H3,(H,34,36)/t18-,19+,23-,24?,25?,26?,27+,29+,31+,32+,33-/m1/s1. The zero-order valence-corrected chi connectivity index (χ0v) is 23.8. The molecule has 2 saturated carbocycles. The molecule has 204 valence electrons. The number of fused-ring (bicyclic) bond motifs is 4. The molecule has 3 aliphatic heterocycles. The van der Waals surface area contributed by atoms with E-state index >= 15 is 0 Å². The number of carbonyl (C=O) groups is 2. The SMILES string of the molecule is C=C[C@@]1(C)C=C(C)C2C3[C@H](Oc4ccc(cc4)C[C@@]4(OC)C[C@@H](C(=O)N4)C(=O)[C@H]31)C1[C@@H](C)C[C@@H](C)C[C@@]21C. The summed E-state index contributed by atoms with van der Waals surface area (Å²) < 4.78 is 13.0. The van der Waals surface area contributed by atoms with Crippen molar-refractivity contribution in [3.05, 3.63) is 54.1 Å². The Morgan fingerprint density at radius 1 is 1.11 bits per heavy atom. The lowest BCUT2D eigenvalue weighted by Gasteiger charge is -2.50. The predicted molar refractivity (Wildman–Crippen MR) is 147 cm³/mol. The minimum atomic E-state index is -0.892. The van der Waals surface area contributed by atoms with E-state index in [0.717, 1.165) is 17.7 Å². The number of hydrogen-bond acceptors (Lipinski definition) is 4. The van der Waals surface area contributed by atoms with E-state index in [-0.39, 0.29) is 35.0 Å². The largest absolute Gasteiger partial charge is 0.490 e. The van der Waals surface area contributed by atoms with Crippen LogP contribution in [0.5, 0.6) is 5.75 Å². The van der Waals surface area contributed by atoms with Crippen LogP contribution in [0.1, 0.15) is 59.4 Å². The lowest BCUT2D eigenvalue weighted by Crippen LogP contribution is -2.50. The smallest absolute Gasteiger partial charge is 0.232 e. The number of benzene rings is 1. The van der Waals surface area contributed by atoms with Gasteiger partial charge in [0.2, 0.25) is 5.91 Å². The molecule has 5 nitrogen and oxygen atoms in total. The zero-order valence-electron chi connectivity index (χ0n) is 23.8. The molecular formula is C33H43NO4. The summed E-state index contributed by atoms with van der Waals surface area (Å²) in [5.74, 6) is 1.09. The Morgan fingerprint density at radius 2 is 1.82 bits per heavy atom. The number of methoxy groups -OCH3 is 1. The monoisotopic (exact) mass is 517 g/mol. The topological polar surface area (TPSA) is 64.6 Å². The zero-order chi connectivity index (χ0) is 27.2. The van der Waals surface area contributed by atoms with Crippen LogP contribution in [0.25, 0.3) is 0 Å². The average molecular weight is 518 g/mol. The van der Waals surface area contributed by atoms with Gasteiger partial charge in [0.25, 0.3) is 0 Å². The highest BCUT2D eigenvalue weighted by molar-refractivity contribution is 6.05. The summed E-state index contributed by atoms with van der Waals surface area (Å²) in [7, 11) is 1.63. The number of carbonyl (C=O) groups excluding carboxylic acids is 2. The highest BCUT2D eigenvalue weighted by Crippen LogP contribution is 2.68. The summed E-state index contributed by atoms with van der Waals surface area (Å²) in [5, 5.41) is 3.09. The number of ketones is 1. The summed E-state index contributed by atoms with van der Waals surface area (Å²) in [6.45, 7) is 15.8. The molecular weight excluding hydrogens is 474 g/mol. The van der Waals surface area contributed by atoms with Crippen molar-refractivity contribution in [2.75, 3.05) is 7.11 Å². The molecule has 0 spiro atoms. The van der Waals surface area contributed by atoms with Crippen LogP contribution in [0.15, 0.2) is 48.6 Å². The Labute approximate surface area is 227 Å². The fourth-order valence-electron chi connectivity index (χ4n) is 10.2. The molecule has 38 heavy (non-hydrogen) atoms. The van der Waals surface area contributed by atoms with Gasteiger partial charge in [0.05, 0.1) is 0 Å². The van der Waals surface area contributed by atoms with E-state index in [1.54, 1.807) is 7.11 Å². The fourth-order valence-corrected chi connectivity index (χ4v) is 10.2. The number of hydrogen-bond donors (Lipinski definition) is 1. The molecule has 1 aromatic rings. The van der Waals surface area contributed by atoms with E-state index in [2.05, 4.69) is 76.9 Å². The van der Waals surface area contributed by atoms with Gasteiger partial charge in [-0.1, -0.05) is 57.6 Å². The highest BCUT2D eigenvalue weighted by atomic mass is 16.5. The Hall–Kier alpha value is -2.40. The van der Waals surface area contributed by atoms with E-state index in [4.69, 9.17) is 9.47 Å². The van der Waals surface area contributed by atoms with Gasteiger partial charge in [-0.3, -0.25) is 9.59 Å². The first-order valence-electron chi connectivity index (χ1n) is 14.4. The molecule has 3 aliphatic carbocycles. The molecule has 1 amide bonds. The van der Waals surface area contributed by atoms with Gasteiger partial charge in [-0.2, -0.15) is 0 Å². The summed E-state index contributed by atoms with van der Waals surface area (Å²) in [6, 6.07) is 8.26. The fraction of sp³-hybridized carbons (Fsp3) is 0.636. The van der Waals surface area contributed by atoms with E-state index in [1.807, 2.05) is 6.08 Å². The molecule has 3 heterocycles. The van der Waals surface area contributed by atoms with Gasteiger partial charge < -0.3 is 14.8 Å². The Morgan fingerprint density at radius 3 is 2.47 bits per heavy atom. The molecule has 7 rings (SSSR count). The quantitative estimate of drug-likeness (QED) is 0.401. The van der Waals surface area contributed by atoms with Gasteiger partial charge in [0, 0.05) is 43.1 Å². The van der Waals surface area contributed by atoms with E-state index in [9.17, 15) is 9.59 Å². The lowest BCUT2D eigenvalue weighted by atomic mass is 9.53. The van der Waals surface area contributed by atoms with Crippen LogP contribution < -0.4 is 10.1 Å². The van der Waals surface area contributed by atoms with Crippen LogP contribution in [-0.2, 0) is 20.7 Å². The van der Waals surface area contributed by atoms with E-state index in [0.29, 0.717) is 30.6 Å². The van der Waals surface area contributed by atoms with Gasteiger partial charge in [0.1, 0.15) is 29.3 Å². The van der Waals surface area contributed by atoms with Crippen molar-refractivity contribution in [1.82, 2.24) is 5.32 Å². The molecule has 11 atom stereocenters. The van der Waals surface area contributed by atoms with Crippen molar-refractivity contribution >= 4 is 11.7 Å². The highest BCUT2D eigenvalue weighted by Gasteiger charge is 2.68. The normalized spacial score (nSPS) is 47.5. The molecule has 1 N–H and O–H groups in total. The van der Waals surface area contributed by atoms with Gasteiger partial charge in [-0.25, -0.2) is 0 Å². The van der Waals surface area contributed by atoms with Crippen molar-refractivity contribution in [1.29, 1.82) is 0 Å². The minimum absolute atomic E-state index is 0.0132. The first-order chi connectivity index (χ1) is 17.9. The first kappa shape index (κ1) is 25.9. The maximum Gasteiger partial charge on any atom is 0.232 e. The number of rotatable bonds is 2. The number of allylic oxidation sites excluding steroid dienone is 3. The second-order valence-corrected chi connectivity index (χ2v) is 13.8. The van der Waals surface area contributed by atoms with Gasteiger partial charge in [-0.15, -0.1) is 6.58 Å². The van der Waals surface area contributed by atoms with Crippen LogP contribution in [-0.4, -0.2) is 30.6 Å². The third-order valence-corrected chi connectivity index (χ3v) is 11.2. The number of nitrogens with one attached hydrogen (secondary N) is 1. The van der Waals surface area contributed by atoms with Gasteiger partial charge >= 0.3 is 0 Å². The Bertz CT molecular complexity index is 1200. The van der Waals surface area contributed by atoms with E-state index < -0.39 is 23.0 Å². The summed E-state index contributed by atoms with van der Waals surface area (Å²) in [4.78, 5) is 28.2. The predicted octanol–water partition coefficient (Wildman–Crippen LogP) is 5.74. The van der Waals surface area contributed by atoms with Crippen molar-refractivity contribution in [3.8, 4) is 5.75 Å². The minimum Gasteiger partial charge on any atom is -0.490 e. The van der Waals surface area contributed by atoms with Gasteiger partial charge in [0.15, 0.2) is 0 Å². The van der Waals surface area contributed by atoms with E-state index in [1.165, 1.54) is 12.0 Å². The molecule has 3 unspecified atom stereocenters. The van der Waals surface area contributed by atoms with Crippen molar-refractivity contribution in [3.63, 3.8) is 0 Å². The van der Waals surface area contributed by atoms with Crippen LogP contribution in [0.2, 0.25) is 0 Å². The molecule has 1 aromatic carbocycles. The molecule has 1 saturated heterocycles. The summed E-state index contributed by atoms with van der Waals surface area (Å²) >= 11 is 0. The molecule has 6 aliphatic rings. The first-order valence-corrected chi connectivity index (χ1v) is 14.4. The maximum absolute atomic E-state index is 14.7. The van der Waals surface area contributed by atoms with Crippen molar-refractivity contribution < 1.29 is 19.1 Å². The number of amides is 1. The third-order valence-electron chi connectivity index (χ3n) is 11.2. The third kappa shape index (κ3) is 3.53. The Balaban J connectivity index is 1.59. The van der Waals surface area contributed by atoms with Crippen LogP contribution in [0.3, 0.4) is 0 Å². The summed E-state index contributed by atoms with van der Waals surface area (Å²) in [5.41, 5.74) is 0.941. The summed E-state index contributed by atoms with van der Waals surface area (Å²) in [6.07, 6.45) is 7.24. The maximum atomic E-state index is 14.7. The van der Waals surface area contributed by atoms with Crippen molar-refractivity contribution in [2.45, 2.75) is 72.1 Å². The lowest BCUT2D eigenvalue weighted by molar-refractivity contribution is -0.139. The molecule has 0 aromatic heterocycles. The molecule has 4 bridgehead atoms. The molecule has 0 radical (unpaired) electrons. The second-order valence-electron chi connectivity index (χ2n) is 13.8. The average Bonchev–Trinajstić information content (AvgIpc) is 3.31. The number of Topliss-reactive ketones (excluding diaryl/α,β-unsaturated/α-hetero) is 1. The second kappa shape index (κ2) is 8.55. The Kier molecular flexibility index (Phi) is 5.82. The molecule has 3 fully saturated rings. The number of ether oxygens (including phenoxy) is 2.